The number of carbonyl (C=O) groups excluding carboxylic acids is 2. The van der Waals surface area contributed by atoms with E-state index in [0.717, 1.165) is 11.1 Å². The second-order valence-electron chi connectivity index (χ2n) is 5.22. The molecule has 0 fully saturated rings. The summed E-state index contributed by atoms with van der Waals surface area (Å²) in [7, 11) is 0. The molecule has 1 aromatic carbocycles. The Kier molecular flexibility index (Phi) is 8.11. The van der Waals surface area contributed by atoms with Crippen molar-refractivity contribution in [3.05, 3.63) is 29.3 Å². The maximum atomic E-state index is 12.2. The van der Waals surface area contributed by atoms with Crippen molar-refractivity contribution in [2.45, 2.75) is 27.2 Å². The molecule has 1 aromatic rings. The van der Waals surface area contributed by atoms with Crippen molar-refractivity contribution < 1.29 is 24.2 Å². The van der Waals surface area contributed by atoms with Gasteiger partial charge >= 0.3 is 5.97 Å². The van der Waals surface area contributed by atoms with E-state index in [0.29, 0.717) is 12.4 Å². The van der Waals surface area contributed by atoms with Crippen LogP contribution in [-0.2, 0) is 14.3 Å². The minimum absolute atomic E-state index is 0.100. The molecule has 0 spiro atoms. The van der Waals surface area contributed by atoms with Gasteiger partial charge in [0.05, 0.1) is 19.6 Å². The summed E-state index contributed by atoms with van der Waals surface area (Å²) < 4.78 is 10.4. The lowest BCUT2D eigenvalue weighted by Crippen LogP contribution is -2.38. The van der Waals surface area contributed by atoms with Crippen molar-refractivity contribution in [2.75, 3.05) is 32.9 Å². The second kappa shape index (κ2) is 9.84. The minimum atomic E-state index is -0.362. The predicted molar refractivity (Wildman–Crippen MR) is 86.3 cm³/mol. The summed E-state index contributed by atoms with van der Waals surface area (Å²) in [6.07, 6.45) is 0.100. The van der Waals surface area contributed by atoms with Gasteiger partial charge in [-0.25, -0.2) is 0 Å². The molecule has 0 aliphatic heterocycles. The number of benzene rings is 1. The van der Waals surface area contributed by atoms with Crippen LogP contribution in [0.5, 0.6) is 5.75 Å². The SMILES string of the molecule is CCOC(=O)CCN(CCO)C(=O)COc1cc(C)ccc1C. The fraction of sp³-hybridized carbons (Fsp3) is 0.529. The summed E-state index contributed by atoms with van der Waals surface area (Å²) >= 11 is 0. The molecule has 0 aliphatic rings. The topological polar surface area (TPSA) is 76.1 Å². The Hall–Kier alpha value is -2.08. The highest BCUT2D eigenvalue weighted by Crippen LogP contribution is 2.19. The van der Waals surface area contributed by atoms with Crippen LogP contribution in [0.3, 0.4) is 0 Å². The first-order chi connectivity index (χ1) is 11.0. The van der Waals surface area contributed by atoms with Crippen LogP contribution >= 0.6 is 0 Å². The van der Waals surface area contributed by atoms with Crippen LogP contribution in [0.1, 0.15) is 24.5 Å². The van der Waals surface area contributed by atoms with Crippen molar-refractivity contribution in [3.63, 3.8) is 0 Å². The number of carbonyl (C=O) groups is 2. The van der Waals surface area contributed by atoms with Gasteiger partial charge in [0.2, 0.25) is 0 Å². The maximum absolute atomic E-state index is 12.2. The molecule has 0 saturated heterocycles. The van der Waals surface area contributed by atoms with Crippen LogP contribution in [0.25, 0.3) is 0 Å². The van der Waals surface area contributed by atoms with E-state index >= 15 is 0 Å². The molecule has 0 atom stereocenters. The largest absolute Gasteiger partial charge is 0.483 e. The molecule has 6 heteroatoms. The summed E-state index contributed by atoms with van der Waals surface area (Å²) in [5.41, 5.74) is 2.00. The van der Waals surface area contributed by atoms with Crippen molar-refractivity contribution >= 4 is 11.9 Å². The van der Waals surface area contributed by atoms with Crippen LogP contribution in [0.15, 0.2) is 18.2 Å². The third-order valence-electron chi connectivity index (χ3n) is 3.31. The number of esters is 1. The van der Waals surface area contributed by atoms with E-state index in [2.05, 4.69) is 0 Å². The number of hydrogen-bond acceptors (Lipinski definition) is 5. The van der Waals surface area contributed by atoms with Gasteiger partial charge in [0.1, 0.15) is 5.75 Å². The van der Waals surface area contributed by atoms with E-state index in [1.54, 1.807) is 6.92 Å². The first-order valence-electron chi connectivity index (χ1n) is 7.72. The van der Waals surface area contributed by atoms with Gasteiger partial charge in [-0.15, -0.1) is 0 Å². The van der Waals surface area contributed by atoms with Crippen molar-refractivity contribution in [1.29, 1.82) is 0 Å². The van der Waals surface area contributed by atoms with Crippen LogP contribution < -0.4 is 4.74 Å². The van der Waals surface area contributed by atoms with Gasteiger partial charge in [-0.05, 0) is 38.0 Å². The fourth-order valence-corrected chi connectivity index (χ4v) is 2.03. The van der Waals surface area contributed by atoms with Gasteiger partial charge < -0.3 is 19.5 Å². The summed E-state index contributed by atoms with van der Waals surface area (Å²) in [5, 5.41) is 9.07. The summed E-state index contributed by atoms with van der Waals surface area (Å²) in [6.45, 7) is 5.96. The Morgan fingerprint density at radius 3 is 2.61 bits per heavy atom. The Morgan fingerprint density at radius 1 is 1.22 bits per heavy atom. The zero-order chi connectivity index (χ0) is 17.2. The number of aliphatic hydroxyl groups is 1. The quantitative estimate of drug-likeness (QED) is 0.696. The molecule has 0 aliphatic carbocycles. The summed E-state index contributed by atoms with van der Waals surface area (Å²) in [6, 6.07) is 5.78. The van der Waals surface area contributed by atoms with Crippen LogP contribution in [0.4, 0.5) is 0 Å². The number of nitrogens with zero attached hydrogens (tertiary/aromatic N) is 1. The molecule has 23 heavy (non-hydrogen) atoms. The fourth-order valence-electron chi connectivity index (χ4n) is 2.03. The average molecular weight is 323 g/mol. The summed E-state index contributed by atoms with van der Waals surface area (Å²) in [5.74, 6) is 0.0237. The Labute approximate surface area is 137 Å². The standard InChI is InChI=1S/C17H25NO5/c1-4-22-17(21)7-8-18(9-10-19)16(20)12-23-15-11-13(2)5-6-14(15)3/h5-6,11,19H,4,7-10,12H2,1-3H3. The van der Waals surface area contributed by atoms with E-state index in [-0.39, 0.29) is 44.6 Å². The Morgan fingerprint density at radius 2 is 1.96 bits per heavy atom. The third kappa shape index (κ3) is 6.69. The van der Waals surface area contributed by atoms with E-state index in [1.807, 2.05) is 32.0 Å². The molecule has 6 nitrogen and oxygen atoms in total. The lowest BCUT2D eigenvalue weighted by atomic mass is 10.1. The monoisotopic (exact) mass is 323 g/mol. The summed E-state index contributed by atoms with van der Waals surface area (Å²) in [4.78, 5) is 25.0. The van der Waals surface area contributed by atoms with Gasteiger partial charge in [0.15, 0.2) is 6.61 Å². The molecule has 128 valence electrons. The molecular weight excluding hydrogens is 298 g/mol. The lowest BCUT2D eigenvalue weighted by molar-refractivity contribution is -0.144. The third-order valence-corrected chi connectivity index (χ3v) is 3.31. The van der Waals surface area contributed by atoms with Gasteiger partial charge in [-0.1, -0.05) is 12.1 Å². The maximum Gasteiger partial charge on any atom is 0.307 e. The number of hydrogen-bond donors (Lipinski definition) is 1. The number of ether oxygens (including phenoxy) is 2. The molecule has 0 heterocycles. The number of aliphatic hydroxyl groups excluding tert-OH is 1. The zero-order valence-corrected chi connectivity index (χ0v) is 14.0. The Bertz CT molecular complexity index is 530. The second-order valence-corrected chi connectivity index (χ2v) is 5.22. The van der Waals surface area contributed by atoms with Crippen LogP contribution in [0, 0.1) is 13.8 Å². The first kappa shape index (κ1) is 19.0. The van der Waals surface area contributed by atoms with E-state index in [9.17, 15) is 9.59 Å². The van der Waals surface area contributed by atoms with Gasteiger partial charge in [0.25, 0.3) is 5.91 Å². The molecule has 0 bridgehead atoms. The zero-order valence-electron chi connectivity index (χ0n) is 14.0. The lowest BCUT2D eigenvalue weighted by Gasteiger charge is -2.21. The Balaban J connectivity index is 2.56. The number of aryl methyl sites for hydroxylation is 2. The van der Waals surface area contributed by atoms with Gasteiger partial charge in [-0.3, -0.25) is 9.59 Å². The average Bonchev–Trinajstić information content (AvgIpc) is 2.52. The molecule has 1 amide bonds. The van der Waals surface area contributed by atoms with Crippen molar-refractivity contribution in [3.8, 4) is 5.75 Å². The van der Waals surface area contributed by atoms with Crippen molar-refractivity contribution in [2.24, 2.45) is 0 Å². The highest BCUT2D eigenvalue weighted by atomic mass is 16.5. The number of amides is 1. The van der Waals surface area contributed by atoms with E-state index < -0.39 is 0 Å². The van der Waals surface area contributed by atoms with Gasteiger partial charge in [0, 0.05) is 13.1 Å². The normalized spacial score (nSPS) is 10.3. The van der Waals surface area contributed by atoms with Crippen molar-refractivity contribution in [1.82, 2.24) is 4.90 Å². The minimum Gasteiger partial charge on any atom is -0.483 e. The van der Waals surface area contributed by atoms with E-state index in [1.165, 1.54) is 4.90 Å². The van der Waals surface area contributed by atoms with Crippen LogP contribution in [0.2, 0.25) is 0 Å². The highest BCUT2D eigenvalue weighted by Gasteiger charge is 2.16. The molecular formula is C17H25NO5. The highest BCUT2D eigenvalue weighted by molar-refractivity contribution is 5.78. The smallest absolute Gasteiger partial charge is 0.307 e. The molecule has 0 unspecified atom stereocenters. The van der Waals surface area contributed by atoms with E-state index in [4.69, 9.17) is 14.6 Å². The molecule has 1 rings (SSSR count). The first-order valence-corrected chi connectivity index (χ1v) is 7.72. The molecule has 1 N–H and O–H groups in total. The molecule has 0 radical (unpaired) electrons. The van der Waals surface area contributed by atoms with Crippen LogP contribution in [-0.4, -0.2) is 54.8 Å². The molecule has 0 aromatic heterocycles. The van der Waals surface area contributed by atoms with Gasteiger partial charge in [-0.2, -0.15) is 0 Å². The number of rotatable bonds is 9. The molecule has 0 saturated carbocycles. The predicted octanol–water partition coefficient (Wildman–Crippen LogP) is 1.46.